The van der Waals surface area contributed by atoms with Gasteiger partial charge in [-0.05, 0) is 29.3 Å². The van der Waals surface area contributed by atoms with Crippen LogP contribution in [-0.2, 0) is 11.2 Å². The van der Waals surface area contributed by atoms with Crippen molar-refractivity contribution < 1.29 is 9.47 Å². The van der Waals surface area contributed by atoms with Crippen LogP contribution in [0.1, 0.15) is 11.1 Å². The first-order chi connectivity index (χ1) is 9.31. The molecule has 1 heterocycles. The molecule has 0 N–H and O–H groups in total. The van der Waals surface area contributed by atoms with Crippen LogP contribution >= 0.6 is 11.6 Å². The van der Waals surface area contributed by atoms with E-state index in [9.17, 15) is 0 Å². The van der Waals surface area contributed by atoms with E-state index in [0.717, 1.165) is 29.4 Å². The van der Waals surface area contributed by atoms with Crippen molar-refractivity contribution in [2.45, 2.75) is 12.5 Å². The minimum absolute atomic E-state index is 0.264. The van der Waals surface area contributed by atoms with E-state index < -0.39 is 0 Å². The molecule has 0 spiro atoms. The van der Waals surface area contributed by atoms with E-state index in [2.05, 4.69) is 12.1 Å². The summed E-state index contributed by atoms with van der Waals surface area (Å²) in [6.45, 7) is 1.42. The Balaban J connectivity index is 1.78. The number of halogens is 1. The first-order valence-electron chi connectivity index (χ1n) is 6.38. The van der Waals surface area contributed by atoms with Gasteiger partial charge < -0.3 is 9.47 Å². The van der Waals surface area contributed by atoms with Crippen molar-refractivity contribution in [2.24, 2.45) is 0 Å². The van der Waals surface area contributed by atoms with Gasteiger partial charge in [0.2, 0.25) is 0 Å². The molecule has 2 aromatic rings. The second-order valence-corrected chi connectivity index (χ2v) is 5.12. The molecule has 1 unspecified atom stereocenters. The third kappa shape index (κ3) is 3.49. The van der Waals surface area contributed by atoms with E-state index in [4.69, 9.17) is 21.1 Å². The largest absolute Gasteiger partial charge is 0.490 e. The van der Waals surface area contributed by atoms with Crippen molar-refractivity contribution in [3.8, 4) is 5.75 Å². The van der Waals surface area contributed by atoms with Crippen LogP contribution in [0.5, 0.6) is 5.75 Å². The van der Waals surface area contributed by atoms with E-state index in [0.29, 0.717) is 6.61 Å². The summed E-state index contributed by atoms with van der Waals surface area (Å²) in [7, 11) is 0. The topological polar surface area (TPSA) is 21.8 Å². The fraction of sp³-hybridized carbons (Fsp3) is 0.250. The Morgan fingerprint density at radius 3 is 2.68 bits per heavy atom. The molecule has 3 heteroatoms. The van der Waals surface area contributed by atoms with Crippen LogP contribution in [0.15, 0.2) is 48.5 Å². The highest BCUT2D eigenvalue weighted by molar-refractivity contribution is 6.30. The smallest absolute Gasteiger partial charge is 0.123 e. The average Bonchev–Trinajstić information content (AvgIpc) is 3.23. The van der Waals surface area contributed by atoms with Crippen LogP contribution in [0.4, 0.5) is 0 Å². The SMILES string of the molecule is Clc1ccc(OCC2CO2)c(Cc2ccccc2)c1. The van der Waals surface area contributed by atoms with Crippen LogP contribution in [0, 0.1) is 0 Å². The van der Waals surface area contributed by atoms with Gasteiger partial charge in [0.15, 0.2) is 0 Å². The molecule has 19 heavy (non-hydrogen) atoms. The summed E-state index contributed by atoms with van der Waals surface area (Å²) in [5.74, 6) is 0.892. The van der Waals surface area contributed by atoms with Gasteiger partial charge in [0, 0.05) is 11.4 Å². The third-order valence-corrected chi connectivity index (χ3v) is 3.32. The summed E-state index contributed by atoms with van der Waals surface area (Å²) in [4.78, 5) is 0. The third-order valence-electron chi connectivity index (χ3n) is 3.09. The second kappa shape index (κ2) is 5.64. The first-order valence-corrected chi connectivity index (χ1v) is 6.76. The van der Waals surface area contributed by atoms with Crippen molar-refractivity contribution in [3.63, 3.8) is 0 Å². The van der Waals surface area contributed by atoms with Crippen LogP contribution in [-0.4, -0.2) is 19.3 Å². The molecule has 0 bridgehead atoms. The lowest BCUT2D eigenvalue weighted by molar-refractivity contribution is 0.261. The zero-order valence-corrected chi connectivity index (χ0v) is 11.3. The Hall–Kier alpha value is -1.51. The van der Waals surface area contributed by atoms with Crippen molar-refractivity contribution >= 4 is 11.6 Å². The van der Waals surface area contributed by atoms with Gasteiger partial charge in [-0.2, -0.15) is 0 Å². The first kappa shape index (κ1) is 12.5. The quantitative estimate of drug-likeness (QED) is 0.776. The summed E-state index contributed by atoms with van der Waals surface area (Å²) in [6, 6.07) is 16.1. The van der Waals surface area contributed by atoms with Crippen LogP contribution in [0.3, 0.4) is 0 Å². The molecule has 98 valence electrons. The van der Waals surface area contributed by atoms with Gasteiger partial charge in [0.05, 0.1) is 6.61 Å². The summed E-state index contributed by atoms with van der Waals surface area (Å²) in [5, 5.41) is 0.737. The normalized spacial score (nSPS) is 17.2. The van der Waals surface area contributed by atoms with E-state index in [-0.39, 0.29) is 6.10 Å². The second-order valence-electron chi connectivity index (χ2n) is 4.68. The molecule has 0 aliphatic carbocycles. The predicted octanol–water partition coefficient (Wildman–Crippen LogP) is 3.71. The zero-order chi connectivity index (χ0) is 13.1. The molecule has 1 atom stereocenters. The zero-order valence-electron chi connectivity index (χ0n) is 10.5. The Morgan fingerprint density at radius 1 is 1.16 bits per heavy atom. The van der Waals surface area contributed by atoms with Crippen molar-refractivity contribution in [1.82, 2.24) is 0 Å². The van der Waals surface area contributed by atoms with E-state index in [1.165, 1.54) is 5.56 Å². The minimum Gasteiger partial charge on any atom is -0.490 e. The van der Waals surface area contributed by atoms with Crippen LogP contribution in [0.2, 0.25) is 5.02 Å². The van der Waals surface area contributed by atoms with E-state index >= 15 is 0 Å². The Kier molecular flexibility index (Phi) is 3.72. The van der Waals surface area contributed by atoms with Gasteiger partial charge in [-0.1, -0.05) is 41.9 Å². The predicted molar refractivity (Wildman–Crippen MR) is 75.9 cm³/mol. The number of benzene rings is 2. The average molecular weight is 275 g/mol. The lowest BCUT2D eigenvalue weighted by Crippen LogP contribution is -2.06. The van der Waals surface area contributed by atoms with Gasteiger partial charge in [-0.15, -0.1) is 0 Å². The summed E-state index contributed by atoms with van der Waals surface area (Å²) in [5.41, 5.74) is 2.36. The Labute approximate surface area is 117 Å². The Morgan fingerprint density at radius 2 is 1.95 bits per heavy atom. The number of rotatable bonds is 5. The summed E-state index contributed by atoms with van der Waals surface area (Å²) < 4.78 is 11.0. The maximum Gasteiger partial charge on any atom is 0.123 e. The van der Waals surface area contributed by atoms with E-state index in [1.807, 2.05) is 36.4 Å². The van der Waals surface area contributed by atoms with Gasteiger partial charge in [-0.25, -0.2) is 0 Å². The van der Waals surface area contributed by atoms with Gasteiger partial charge in [0.1, 0.15) is 18.5 Å². The molecule has 0 saturated carbocycles. The Bertz CT molecular complexity index is 550. The molecule has 1 aliphatic heterocycles. The molecule has 3 rings (SSSR count). The van der Waals surface area contributed by atoms with Crippen molar-refractivity contribution in [2.75, 3.05) is 13.2 Å². The van der Waals surface area contributed by atoms with Crippen molar-refractivity contribution in [3.05, 3.63) is 64.7 Å². The summed E-state index contributed by atoms with van der Waals surface area (Å²) in [6.07, 6.45) is 1.09. The van der Waals surface area contributed by atoms with E-state index in [1.54, 1.807) is 0 Å². The van der Waals surface area contributed by atoms with Crippen molar-refractivity contribution in [1.29, 1.82) is 0 Å². The summed E-state index contributed by atoms with van der Waals surface area (Å²) >= 11 is 6.08. The standard InChI is InChI=1S/C16H15ClO2/c17-14-6-7-16(19-11-15-10-18-15)13(9-14)8-12-4-2-1-3-5-12/h1-7,9,15H,8,10-11H2. The molecule has 0 radical (unpaired) electrons. The molecular formula is C16H15ClO2. The van der Waals surface area contributed by atoms with Gasteiger partial charge in [-0.3, -0.25) is 0 Å². The maximum absolute atomic E-state index is 6.08. The fourth-order valence-electron chi connectivity index (χ4n) is 1.99. The molecule has 1 aliphatic rings. The van der Waals surface area contributed by atoms with Gasteiger partial charge in [0.25, 0.3) is 0 Å². The molecule has 2 aromatic carbocycles. The van der Waals surface area contributed by atoms with Crippen LogP contribution in [0.25, 0.3) is 0 Å². The lowest BCUT2D eigenvalue weighted by atomic mass is 10.0. The monoisotopic (exact) mass is 274 g/mol. The maximum atomic E-state index is 6.08. The molecular weight excluding hydrogens is 260 g/mol. The molecule has 1 saturated heterocycles. The molecule has 0 amide bonds. The fourth-order valence-corrected chi connectivity index (χ4v) is 2.18. The molecule has 0 aromatic heterocycles. The highest BCUT2D eigenvalue weighted by atomic mass is 35.5. The minimum atomic E-state index is 0.264. The number of hydrogen-bond donors (Lipinski definition) is 0. The lowest BCUT2D eigenvalue weighted by Gasteiger charge is -2.11. The highest BCUT2D eigenvalue weighted by Crippen LogP contribution is 2.26. The molecule has 1 fully saturated rings. The number of hydrogen-bond acceptors (Lipinski definition) is 2. The number of ether oxygens (including phenoxy) is 2. The van der Waals surface area contributed by atoms with Gasteiger partial charge >= 0.3 is 0 Å². The number of epoxide rings is 1. The molecule has 2 nitrogen and oxygen atoms in total. The van der Waals surface area contributed by atoms with Crippen LogP contribution < -0.4 is 4.74 Å². The highest BCUT2D eigenvalue weighted by Gasteiger charge is 2.23.